The number of rotatable bonds is 2. The quantitative estimate of drug-likeness (QED) is 0.684. The van der Waals surface area contributed by atoms with Crippen molar-refractivity contribution in [2.45, 2.75) is 0 Å². The standard InChI is InChI=1S/C14H8Cl2N2O/c15-10-5-1-2-7-12(10)19-14-9-4-3-6-11(16)13(9)17-8-18-14/h1-8H. The third kappa shape index (κ3) is 2.35. The lowest BCUT2D eigenvalue weighted by atomic mass is 10.2. The smallest absolute Gasteiger partial charge is 0.230 e. The van der Waals surface area contributed by atoms with Crippen molar-refractivity contribution in [2.75, 3.05) is 0 Å². The van der Waals surface area contributed by atoms with E-state index in [1.165, 1.54) is 6.33 Å². The highest BCUT2D eigenvalue weighted by atomic mass is 35.5. The Kier molecular flexibility index (Phi) is 3.23. The molecule has 5 heteroatoms. The van der Waals surface area contributed by atoms with E-state index >= 15 is 0 Å². The molecule has 0 N–H and O–H groups in total. The Balaban J connectivity index is 2.12. The molecule has 0 aliphatic carbocycles. The van der Waals surface area contributed by atoms with Crippen LogP contribution in [0.25, 0.3) is 10.9 Å². The largest absolute Gasteiger partial charge is 0.437 e. The first kappa shape index (κ1) is 12.2. The predicted molar refractivity (Wildman–Crippen MR) is 76.1 cm³/mol. The van der Waals surface area contributed by atoms with Crippen LogP contribution in [0.4, 0.5) is 0 Å². The van der Waals surface area contributed by atoms with Crippen LogP contribution in [0.1, 0.15) is 0 Å². The molecule has 0 unspecified atom stereocenters. The summed E-state index contributed by atoms with van der Waals surface area (Å²) >= 11 is 12.2. The van der Waals surface area contributed by atoms with Crippen LogP contribution in [-0.4, -0.2) is 9.97 Å². The van der Waals surface area contributed by atoms with Crippen molar-refractivity contribution < 1.29 is 4.74 Å². The van der Waals surface area contributed by atoms with Crippen LogP contribution in [0.2, 0.25) is 10.0 Å². The Hall–Kier alpha value is -1.84. The summed E-state index contributed by atoms with van der Waals surface area (Å²) in [6, 6.07) is 12.7. The number of hydrogen-bond acceptors (Lipinski definition) is 3. The first-order valence-corrected chi connectivity index (χ1v) is 6.33. The molecule has 3 nitrogen and oxygen atoms in total. The molecule has 0 saturated heterocycles. The van der Waals surface area contributed by atoms with Crippen molar-refractivity contribution in [1.29, 1.82) is 0 Å². The molecule has 0 aliphatic rings. The molecule has 1 aromatic heterocycles. The Morgan fingerprint density at radius 1 is 0.842 bits per heavy atom. The van der Waals surface area contributed by atoms with E-state index in [1.54, 1.807) is 18.2 Å². The molecule has 19 heavy (non-hydrogen) atoms. The van der Waals surface area contributed by atoms with Gasteiger partial charge in [0.05, 0.1) is 20.9 Å². The van der Waals surface area contributed by atoms with Crippen molar-refractivity contribution in [3.8, 4) is 11.6 Å². The molecule has 3 aromatic rings. The lowest BCUT2D eigenvalue weighted by molar-refractivity contribution is 0.468. The average molecular weight is 291 g/mol. The lowest BCUT2D eigenvalue weighted by Crippen LogP contribution is -1.92. The van der Waals surface area contributed by atoms with Crippen LogP contribution >= 0.6 is 23.2 Å². The van der Waals surface area contributed by atoms with Crippen LogP contribution in [0.3, 0.4) is 0 Å². The topological polar surface area (TPSA) is 35.0 Å². The normalized spacial score (nSPS) is 10.6. The summed E-state index contributed by atoms with van der Waals surface area (Å²) in [5.74, 6) is 0.977. The molecule has 0 spiro atoms. The molecule has 0 saturated carbocycles. The molecular formula is C14H8Cl2N2O. The fraction of sp³-hybridized carbons (Fsp3) is 0. The van der Waals surface area contributed by atoms with Gasteiger partial charge in [-0.05, 0) is 24.3 Å². The summed E-state index contributed by atoms with van der Waals surface area (Å²) in [6.45, 7) is 0. The maximum absolute atomic E-state index is 6.09. The second-order valence-electron chi connectivity index (χ2n) is 3.85. The third-order valence-corrected chi connectivity index (χ3v) is 3.24. The van der Waals surface area contributed by atoms with Crippen molar-refractivity contribution >= 4 is 34.1 Å². The summed E-state index contributed by atoms with van der Waals surface area (Å²) in [4.78, 5) is 8.28. The Morgan fingerprint density at radius 2 is 1.63 bits per heavy atom. The van der Waals surface area contributed by atoms with Gasteiger partial charge in [-0.15, -0.1) is 0 Å². The van der Waals surface area contributed by atoms with Gasteiger partial charge in [0.1, 0.15) is 12.1 Å². The van der Waals surface area contributed by atoms with Gasteiger partial charge in [0.15, 0.2) is 0 Å². The van der Waals surface area contributed by atoms with Crippen molar-refractivity contribution in [3.63, 3.8) is 0 Å². The van der Waals surface area contributed by atoms with E-state index in [9.17, 15) is 0 Å². The maximum atomic E-state index is 6.09. The van der Waals surface area contributed by atoms with E-state index < -0.39 is 0 Å². The van der Waals surface area contributed by atoms with Gasteiger partial charge in [-0.25, -0.2) is 9.97 Å². The summed E-state index contributed by atoms with van der Waals surface area (Å²) in [5, 5.41) is 1.83. The number of para-hydroxylation sites is 2. The first-order chi connectivity index (χ1) is 9.25. The van der Waals surface area contributed by atoms with Crippen LogP contribution in [0, 0.1) is 0 Å². The molecule has 3 rings (SSSR count). The minimum Gasteiger partial charge on any atom is -0.437 e. The molecule has 0 bridgehead atoms. The lowest BCUT2D eigenvalue weighted by Gasteiger charge is -2.08. The van der Waals surface area contributed by atoms with Gasteiger partial charge in [0.2, 0.25) is 5.88 Å². The molecule has 0 aliphatic heterocycles. The fourth-order valence-corrected chi connectivity index (χ4v) is 2.14. The zero-order valence-electron chi connectivity index (χ0n) is 9.68. The van der Waals surface area contributed by atoms with Gasteiger partial charge in [-0.2, -0.15) is 0 Å². The van der Waals surface area contributed by atoms with E-state index in [2.05, 4.69) is 9.97 Å². The molecule has 0 fully saturated rings. The van der Waals surface area contributed by atoms with E-state index in [0.717, 1.165) is 5.39 Å². The molecule has 0 amide bonds. The van der Waals surface area contributed by atoms with E-state index in [0.29, 0.717) is 27.2 Å². The highest BCUT2D eigenvalue weighted by Crippen LogP contribution is 2.32. The summed E-state index contributed by atoms with van der Waals surface area (Å²) in [6.07, 6.45) is 1.42. The minimum absolute atomic E-state index is 0.431. The van der Waals surface area contributed by atoms with Gasteiger partial charge in [-0.3, -0.25) is 0 Å². The maximum Gasteiger partial charge on any atom is 0.230 e. The molecule has 2 aromatic carbocycles. The summed E-state index contributed by atoms with van der Waals surface area (Å²) < 4.78 is 5.74. The monoisotopic (exact) mass is 290 g/mol. The molecule has 1 heterocycles. The average Bonchev–Trinajstić information content (AvgIpc) is 2.42. The number of aromatic nitrogens is 2. The highest BCUT2D eigenvalue weighted by Gasteiger charge is 2.09. The molecular weight excluding hydrogens is 283 g/mol. The second-order valence-corrected chi connectivity index (χ2v) is 4.66. The minimum atomic E-state index is 0.431. The van der Waals surface area contributed by atoms with Gasteiger partial charge in [0, 0.05) is 0 Å². The Morgan fingerprint density at radius 3 is 2.47 bits per heavy atom. The Labute approximate surface area is 119 Å². The predicted octanol–water partition coefficient (Wildman–Crippen LogP) is 4.73. The van der Waals surface area contributed by atoms with Crippen molar-refractivity contribution in [2.24, 2.45) is 0 Å². The second kappa shape index (κ2) is 5.03. The SMILES string of the molecule is Clc1ccccc1Oc1ncnc2c(Cl)cccc12. The van der Waals surface area contributed by atoms with E-state index in [-0.39, 0.29) is 0 Å². The van der Waals surface area contributed by atoms with Crippen LogP contribution in [-0.2, 0) is 0 Å². The third-order valence-electron chi connectivity index (χ3n) is 2.62. The van der Waals surface area contributed by atoms with E-state index in [4.69, 9.17) is 27.9 Å². The van der Waals surface area contributed by atoms with Crippen LogP contribution in [0.15, 0.2) is 48.8 Å². The number of benzene rings is 2. The van der Waals surface area contributed by atoms with Gasteiger partial charge in [0.25, 0.3) is 0 Å². The number of ether oxygens (including phenoxy) is 1. The van der Waals surface area contributed by atoms with Crippen molar-refractivity contribution in [1.82, 2.24) is 9.97 Å². The highest BCUT2D eigenvalue weighted by molar-refractivity contribution is 6.35. The van der Waals surface area contributed by atoms with Gasteiger partial charge in [-0.1, -0.05) is 41.4 Å². The summed E-state index contributed by atoms with van der Waals surface area (Å²) in [5.41, 5.74) is 0.654. The Bertz CT molecular complexity index is 746. The van der Waals surface area contributed by atoms with Crippen molar-refractivity contribution in [3.05, 3.63) is 58.8 Å². The molecule has 0 atom stereocenters. The zero-order chi connectivity index (χ0) is 13.2. The van der Waals surface area contributed by atoms with Crippen LogP contribution in [0.5, 0.6) is 11.6 Å². The first-order valence-electron chi connectivity index (χ1n) is 5.57. The van der Waals surface area contributed by atoms with Gasteiger partial charge < -0.3 is 4.74 Å². The molecule has 0 radical (unpaired) electrons. The number of halogens is 2. The summed E-state index contributed by atoms with van der Waals surface area (Å²) in [7, 11) is 0. The van der Waals surface area contributed by atoms with Gasteiger partial charge >= 0.3 is 0 Å². The zero-order valence-corrected chi connectivity index (χ0v) is 11.2. The molecule has 94 valence electrons. The number of hydrogen-bond donors (Lipinski definition) is 0. The fourth-order valence-electron chi connectivity index (χ4n) is 1.74. The van der Waals surface area contributed by atoms with Crippen LogP contribution < -0.4 is 4.74 Å². The van der Waals surface area contributed by atoms with E-state index in [1.807, 2.05) is 24.3 Å². The number of nitrogens with zero attached hydrogens (tertiary/aromatic N) is 2. The number of fused-ring (bicyclic) bond motifs is 1.